The summed E-state index contributed by atoms with van der Waals surface area (Å²) in [6.45, 7) is 2.65. The number of amides is 1. The van der Waals surface area contributed by atoms with Crippen LogP contribution in [0.2, 0.25) is 0 Å². The van der Waals surface area contributed by atoms with Crippen molar-refractivity contribution in [2.45, 2.75) is 26.4 Å². The first-order valence-corrected chi connectivity index (χ1v) is 7.06. The Bertz CT molecular complexity index is 711. The van der Waals surface area contributed by atoms with E-state index in [4.69, 9.17) is 4.74 Å². The molecular formula is C15H18N4O4. The average Bonchev–Trinajstić information content (AvgIpc) is 3.00. The Balaban J connectivity index is 1.80. The largest absolute Gasteiger partial charge is 0.496 e. The molecule has 0 fully saturated rings. The number of rotatable bonds is 7. The molecule has 1 N–H and O–H groups in total. The van der Waals surface area contributed by atoms with Crippen LogP contribution in [0.4, 0.5) is 5.69 Å². The second-order valence-corrected chi connectivity index (χ2v) is 5.05. The van der Waals surface area contributed by atoms with Crippen LogP contribution >= 0.6 is 0 Å². The van der Waals surface area contributed by atoms with Gasteiger partial charge >= 0.3 is 5.69 Å². The molecule has 0 saturated heterocycles. The highest BCUT2D eigenvalue weighted by atomic mass is 16.6. The lowest BCUT2D eigenvalue weighted by Gasteiger charge is -2.09. The summed E-state index contributed by atoms with van der Waals surface area (Å²) in [5.74, 6) is 0.664. The molecule has 23 heavy (non-hydrogen) atoms. The first kappa shape index (κ1) is 16.5. The van der Waals surface area contributed by atoms with Gasteiger partial charge in [0.05, 0.1) is 12.0 Å². The van der Waals surface area contributed by atoms with Crippen molar-refractivity contribution in [2.24, 2.45) is 0 Å². The van der Waals surface area contributed by atoms with E-state index >= 15 is 0 Å². The molecule has 0 unspecified atom stereocenters. The Kier molecular flexibility index (Phi) is 5.29. The molecule has 122 valence electrons. The fourth-order valence-electron chi connectivity index (χ4n) is 2.12. The van der Waals surface area contributed by atoms with Gasteiger partial charge in [-0.15, -0.1) is 0 Å². The van der Waals surface area contributed by atoms with Gasteiger partial charge in [-0.1, -0.05) is 12.1 Å². The topological polar surface area (TPSA) is 99.3 Å². The molecule has 0 aliphatic rings. The number of nitro groups is 1. The lowest BCUT2D eigenvalue weighted by atomic mass is 10.1. The minimum Gasteiger partial charge on any atom is -0.496 e. The van der Waals surface area contributed by atoms with Crippen molar-refractivity contribution >= 4 is 11.6 Å². The van der Waals surface area contributed by atoms with E-state index in [9.17, 15) is 14.9 Å². The highest BCUT2D eigenvalue weighted by Crippen LogP contribution is 2.18. The van der Waals surface area contributed by atoms with Crippen molar-refractivity contribution in [1.82, 2.24) is 15.1 Å². The zero-order valence-electron chi connectivity index (χ0n) is 13.0. The predicted molar refractivity (Wildman–Crippen MR) is 83.1 cm³/mol. The van der Waals surface area contributed by atoms with Crippen molar-refractivity contribution in [1.29, 1.82) is 0 Å². The summed E-state index contributed by atoms with van der Waals surface area (Å²) in [7, 11) is 1.61. The smallest absolute Gasteiger partial charge is 0.306 e. The highest BCUT2D eigenvalue weighted by Gasteiger charge is 2.10. The molecule has 0 aliphatic heterocycles. The Morgan fingerprint density at radius 2 is 2.26 bits per heavy atom. The molecule has 0 atom stereocenters. The maximum atomic E-state index is 11.8. The van der Waals surface area contributed by atoms with Crippen molar-refractivity contribution < 1.29 is 14.5 Å². The quantitative estimate of drug-likeness (QED) is 0.620. The van der Waals surface area contributed by atoms with Gasteiger partial charge in [-0.25, -0.2) is 0 Å². The number of hydrogen-bond donors (Lipinski definition) is 1. The van der Waals surface area contributed by atoms with Crippen LogP contribution in [0.3, 0.4) is 0 Å². The normalized spacial score (nSPS) is 10.3. The second-order valence-electron chi connectivity index (χ2n) is 5.05. The first-order valence-electron chi connectivity index (χ1n) is 7.06. The van der Waals surface area contributed by atoms with Gasteiger partial charge in [-0.05, 0) is 24.1 Å². The molecule has 0 bridgehead atoms. The maximum Gasteiger partial charge on any atom is 0.306 e. The average molecular weight is 318 g/mol. The Morgan fingerprint density at radius 3 is 2.87 bits per heavy atom. The standard InChI is InChI=1S/C15H18N4O4/c1-11-7-12(3-4-14(11)23-2)8-16-15(20)5-6-18-10-13(9-17-18)19(21)22/h3-4,7,9-10H,5-6,8H2,1-2H3,(H,16,20). The summed E-state index contributed by atoms with van der Waals surface area (Å²) in [4.78, 5) is 21.9. The van der Waals surface area contributed by atoms with Crippen LogP contribution in [0, 0.1) is 17.0 Å². The van der Waals surface area contributed by atoms with Crippen molar-refractivity contribution in [3.8, 4) is 5.75 Å². The molecule has 0 spiro atoms. The molecule has 1 aromatic heterocycles. The number of aromatic nitrogens is 2. The van der Waals surface area contributed by atoms with Crippen molar-refractivity contribution in [2.75, 3.05) is 7.11 Å². The zero-order valence-corrected chi connectivity index (χ0v) is 13.0. The van der Waals surface area contributed by atoms with E-state index in [1.54, 1.807) is 7.11 Å². The number of carbonyl (C=O) groups is 1. The Hall–Kier alpha value is -2.90. The van der Waals surface area contributed by atoms with Gasteiger partial charge in [0, 0.05) is 19.5 Å². The summed E-state index contributed by atoms with van der Waals surface area (Å²) in [6, 6.07) is 5.71. The zero-order chi connectivity index (χ0) is 16.8. The molecular weight excluding hydrogens is 300 g/mol. The summed E-state index contributed by atoms with van der Waals surface area (Å²) < 4.78 is 6.57. The number of hydrogen-bond acceptors (Lipinski definition) is 5. The van der Waals surface area contributed by atoms with Crippen LogP contribution < -0.4 is 10.1 Å². The maximum absolute atomic E-state index is 11.8. The molecule has 2 rings (SSSR count). The number of nitrogens with one attached hydrogen (secondary N) is 1. The molecule has 0 aliphatic carbocycles. The van der Waals surface area contributed by atoms with Gasteiger partial charge in [0.15, 0.2) is 0 Å². The van der Waals surface area contributed by atoms with Crippen LogP contribution in [-0.2, 0) is 17.9 Å². The monoisotopic (exact) mass is 318 g/mol. The van der Waals surface area contributed by atoms with Gasteiger partial charge in [-0.2, -0.15) is 5.10 Å². The molecule has 1 aromatic carbocycles. The minimum atomic E-state index is -0.518. The third-order valence-corrected chi connectivity index (χ3v) is 3.35. The highest BCUT2D eigenvalue weighted by molar-refractivity contribution is 5.75. The minimum absolute atomic E-state index is 0.0842. The number of carbonyl (C=O) groups excluding carboxylic acids is 1. The third kappa shape index (κ3) is 4.53. The summed E-state index contributed by atoms with van der Waals surface area (Å²) in [5, 5.41) is 17.2. The van der Waals surface area contributed by atoms with Crippen LogP contribution in [0.25, 0.3) is 0 Å². The van der Waals surface area contributed by atoms with Crippen LogP contribution in [0.15, 0.2) is 30.6 Å². The van der Waals surface area contributed by atoms with Gasteiger partial charge in [0.2, 0.25) is 5.91 Å². The van der Waals surface area contributed by atoms with Crippen molar-refractivity contribution in [3.05, 3.63) is 51.8 Å². The van der Waals surface area contributed by atoms with E-state index < -0.39 is 4.92 Å². The van der Waals surface area contributed by atoms with Gasteiger partial charge in [0.25, 0.3) is 0 Å². The van der Waals surface area contributed by atoms with E-state index in [-0.39, 0.29) is 18.0 Å². The summed E-state index contributed by atoms with van der Waals surface area (Å²) >= 11 is 0. The van der Waals surface area contributed by atoms with Crippen molar-refractivity contribution in [3.63, 3.8) is 0 Å². The number of benzene rings is 1. The summed E-state index contributed by atoms with van der Waals surface area (Å²) in [5.41, 5.74) is 1.90. The number of ether oxygens (including phenoxy) is 1. The molecule has 2 aromatic rings. The SMILES string of the molecule is COc1ccc(CNC(=O)CCn2cc([N+](=O)[O-])cn2)cc1C. The van der Waals surface area contributed by atoms with Crippen LogP contribution in [0.1, 0.15) is 17.5 Å². The van der Waals surface area contributed by atoms with E-state index in [1.807, 2.05) is 25.1 Å². The van der Waals surface area contributed by atoms with E-state index in [2.05, 4.69) is 10.4 Å². The van der Waals surface area contributed by atoms with Gasteiger partial charge in [0.1, 0.15) is 18.1 Å². The Morgan fingerprint density at radius 1 is 1.48 bits per heavy atom. The fraction of sp³-hybridized carbons (Fsp3) is 0.333. The second kappa shape index (κ2) is 7.39. The van der Waals surface area contributed by atoms with Gasteiger partial charge in [-0.3, -0.25) is 19.6 Å². The number of nitrogens with zero attached hydrogens (tertiary/aromatic N) is 3. The molecule has 1 heterocycles. The summed E-state index contributed by atoms with van der Waals surface area (Å²) in [6.07, 6.45) is 2.67. The first-order chi connectivity index (χ1) is 11.0. The Labute approximate surface area is 133 Å². The van der Waals surface area contributed by atoms with Crippen LogP contribution in [-0.4, -0.2) is 27.7 Å². The van der Waals surface area contributed by atoms with E-state index in [1.165, 1.54) is 10.9 Å². The lowest BCUT2D eigenvalue weighted by molar-refractivity contribution is -0.385. The van der Waals surface area contributed by atoms with E-state index in [0.717, 1.165) is 23.1 Å². The molecule has 0 radical (unpaired) electrons. The van der Waals surface area contributed by atoms with Gasteiger partial charge < -0.3 is 10.1 Å². The molecule has 8 nitrogen and oxygen atoms in total. The lowest BCUT2D eigenvalue weighted by Crippen LogP contribution is -2.24. The fourth-order valence-corrected chi connectivity index (χ4v) is 2.12. The number of aryl methyl sites for hydroxylation is 2. The predicted octanol–water partition coefficient (Wildman–Crippen LogP) is 1.81. The van der Waals surface area contributed by atoms with Crippen LogP contribution in [0.5, 0.6) is 5.75 Å². The molecule has 0 saturated carbocycles. The third-order valence-electron chi connectivity index (χ3n) is 3.35. The van der Waals surface area contributed by atoms with E-state index in [0.29, 0.717) is 13.1 Å². The molecule has 8 heteroatoms. The number of methoxy groups -OCH3 is 1. The molecule has 1 amide bonds.